The first-order valence-electron chi connectivity index (χ1n) is 11.1. The van der Waals surface area contributed by atoms with Crippen LogP contribution in [0.1, 0.15) is 25.3 Å². The van der Waals surface area contributed by atoms with Crippen LogP contribution in [-0.4, -0.2) is 97.3 Å². The molecule has 2 aliphatic heterocycles. The number of benzene rings is 1. The van der Waals surface area contributed by atoms with E-state index < -0.39 is 12.1 Å². The number of nitrogens with one attached hydrogen (secondary N) is 1. The molecular weight excluding hydrogens is 455 g/mol. The number of carboxylic acid groups (broad SMARTS) is 1. The summed E-state index contributed by atoms with van der Waals surface area (Å²) in [6.45, 7) is 8.83. The van der Waals surface area contributed by atoms with Gasteiger partial charge in [-0.15, -0.1) is 0 Å². The number of hydrogen-bond acceptors (Lipinski definition) is 7. The van der Waals surface area contributed by atoms with E-state index in [0.29, 0.717) is 19.2 Å². The van der Waals surface area contributed by atoms with Crippen molar-refractivity contribution in [2.45, 2.75) is 32.0 Å². The van der Waals surface area contributed by atoms with E-state index in [1.54, 1.807) is 0 Å². The number of rotatable bonds is 6. The first kappa shape index (κ1) is 27.4. The van der Waals surface area contributed by atoms with Crippen molar-refractivity contribution in [2.24, 2.45) is 5.73 Å². The van der Waals surface area contributed by atoms with Gasteiger partial charge < -0.3 is 20.5 Å². The van der Waals surface area contributed by atoms with Crippen LogP contribution in [0.3, 0.4) is 0 Å². The molecule has 190 valence electrons. The van der Waals surface area contributed by atoms with Crippen LogP contribution in [-0.2, 0) is 14.3 Å². The third-order valence-corrected chi connectivity index (χ3v) is 5.83. The lowest BCUT2D eigenvalue weighted by atomic mass is 10.0. The molecule has 0 amide bonds. The second-order valence-corrected chi connectivity index (χ2v) is 8.10. The van der Waals surface area contributed by atoms with E-state index in [2.05, 4.69) is 26.8 Å². The van der Waals surface area contributed by atoms with E-state index >= 15 is 0 Å². The Labute approximate surface area is 196 Å². The molecule has 0 atom stereocenters. The molecule has 0 spiro atoms. The van der Waals surface area contributed by atoms with Crippen molar-refractivity contribution >= 4 is 23.5 Å². The van der Waals surface area contributed by atoms with E-state index in [1.807, 2.05) is 19.1 Å². The molecule has 0 radical (unpaired) electrons. The predicted molar refractivity (Wildman–Crippen MR) is 121 cm³/mol. The van der Waals surface area contributed by atoms with Gasteiger partial charge in [0.1, 0.15) is 5.84 Å². The number of nitrogen functional groups attached to an aromatic ring is 1. The number of alkyl halides is 3. The second kappa shape index (κ2) is 12.6. The van der Waals surface area contributed by atoms with Crippen molar-refractivity contribution in [3.63, 3.8) is 0 Å². The Morgan fingerprint density at radius 2 is 1.62 bits per heavy atom. The SMILES string of the molecule is CCOC(=O)CN1CCC(N2CCN(c3ccc(C(=N)N)cc3)CC2)CC1.O=C(O)C(F)(F)F. The number of likely N-dealkylation sites (tertiary alicyclic amines) is 1. The summed E-state index contributed by atoms with van der Waals surface area (Å²) in [5.41, 5.74) is 7.50. The molecule has 0 aliphatic carbocycles. The zero-order valence-electron chi connectivity index (χ0n) is 19.2. The lowest BCUT2D eigenvalue weighted by Gasteiger charge is -2.43. The number of carboxylic acids is 1. The molecule has 4 N–H and O–H groups in total. The summed E-state index contributed by atoms with van der Waals surface area (Å²) >= 11 is 0. The van der Waals surface area contributed by atoms with Gasteiger partial charge in [-0.05, 0) is 44.0 Å². The number of carbonyl (C=O) groups is 2. The van der Waals surface area contributed by atoms with Crippen molar-refractivity contribution in [1.29, 1.82) is 5.41 Å². The van der Waals surface area contributed by atoms with Crippen molar-refractivity contribution in [1.82, 2.24) is 9.80 Å². The summed E-state index contributed by atoms with van der Waals surface area (Å²) in [4.78, 5) is 27.7. The maximum atomic E-state index is 11.6. The van der Waals surface area contributed by atoms with Gasteiger partial charge in [0.2, 0.25) is 0 Å². The average molecular weight is 488 g/mol. The largest absolute Gasteiger partial charge is 0.490 e. The van der Waals surface area contributed by atoms with Crippen LogP contribution in [0.5, 0.6) is 0 Å². The molecule has 0 saturated carbocycles. The molecule has 1 aromatic rings. The fourth-order valence-corrected chi connectivity index (χ4v) is 4.03. The minimum absolute atomic E-state index is 0.111. The first-order valence-corrected chi connectivity index (χ1v) is 11.1. The zero-order valence-corrected chi connectivity index (χ0v) is 19.2. The lowest BCUT2D eigenvalue weighted by Crippen LogP contribution is -2.53. The third-order valence-electron chi connectivity index (χ3n) is 5.83. The van der Waals surface area contributed by atoms with Gasteiger partial charge in [-0.2, -0.15) is 13.2 Å². The van der Waals surface area contributed by atoms with E-state index in [0.717, 1.165) is 57.7 Å². The number of carbonyl (C=O) groups excluding carboxylic acids is 1. The maximum absolute atomic E-state index is 11.6. The Balaban J connectivity index is 0.000000509. The van der Waals surface area contributed by atoms with Crippen molar-refractivity contribution in [2.75, 3.05) is 57.3 Å². The highest BCUT2D eigenvalue weighted by atomic mass is 19.4. The van der Waals surface area contributed by atoms with Gasteiger partial charge in [0.25, 0.3) is 0 Å². The Bertz CT molecular complexity index is 819. The van der Waals surface area contributed by atoms with Gasteiger partial charge in [0, 0.05) is 56.6 Å². The van der Waals surface area contributed by atoms with Crippen LogP contribution in [0, 0.1) is 5.41 Å². The van der Waals surface area contributed by atoms with Gasteiger partial charge >= 0.3 is 18.1 Å². The van der Waals surface area contributed by atoms with Crippen LogP contribution in [0.15, 0.2) is 24.3 Å². The highest BCUT2D eigenvalue weighted by molar-refractivity contribution is 5.95. The highest BCUT2D eigenvalue weighted by Gasteiger charge is 2.38. The number of amidine groups is 1. The average Bonchev–Trinajstić information content (AvgIpc) is 2.80. The normalized spacial score (nSPS) is 18.1. The van der Waals surface area contributed by atoms with Gasteiger partial charge in [0.05, 0.1) is 13.2 Å². The van der Waals surface area contributed by atoms with Gasteiger partial charge in [0.15, 0.2) is 0 Å². The fourth-order valence-electron chi connectivity index (χ4n) is 4.03. The van der Waals surface area contributed by atoms with Crippen molar-refractivity contribution in [3.8, 4) is 0 Å². The highest BCUT2D eigenvalue weighted by Crippen LogP contribution is 2.22. The summed E-state index contributed by atoms with van der Waals surface area (Å²) in [5, 5.41) is 14.6. The molecule has 2 saturated heterocycles. The van der Waals surface area contributed by atoms with E-state index in [4.69, 9.17) is 25.8 Å². The number of halogens is 3. The maximum Gasteiger partial charge on any atom is 0.490 e. The fraction of sp³-hybridized carbons (Fsp3) is 0.591. The quantitative estimate of drug-likeness (QED) is 0.315. The standard InChI is InChI=1S/C20H31N5O2.C2HF3O2/c1-2-27-19(26)15-23-9-7-18(8-10-23)25-13-11-24(12-14-25)17-5-3-16(4-6-17)20(21)22;3-2(4,5)1(6)7/h3-6,18H,2,7-15H2,1H3,(H3,21,22);(H,6,7). The molecule has 9 nitrogen and oxygen atoms in total. The summed E-state index contributed by atoms with van der Waals surface area (Å²) in [6.07, 6.45) is -2.85. The number of piperazine rings is 1. The van der Waals surface area contributed by atoms with Gasteiger partial charge in [-0.1, -0.05) is 0 Å². The molecular formula is C22H32F3N5O4. The summed E-state index contributed by atoms with van der Waals surface area (Å²) in [6, 6.07) is 8.57. The number of nitrogens with two attached hydrogens (primary N) is 1. The minimum atomic E-state index is -5.08. The predicted octanol–water partition coefficient (Wildman–Crippen LogP) is 1.75. The molecule has 2 fully saturated rings. The first-order chi connectivity index (χ1) is 16.0. The Morgan fingerprint density at radius 1 is 1.09 bits per heavy atom. The molecule has 34 heavy (non-hydrogen) atoms. The van der Waals surface area contributed by atoms with Crippen LogP contribution >= 0.6 is 0 Å². The monoisotopic (exact) mass is 487 g/mol. The number of hydrogen-bond donors (Lipinski definition) is 3. The Hall–Kier alpha value is -2.86. The van der Waals surface area contributed by atoms with Gasteiger partial charge in [-0.25, -0.2) is 4.79 Å². The summed E-state index contributed by atoms with van der Waals surface area (Å²) in [5.74, 6) is -2.76. The Kier molecular flexibility index (Phi) is 10.1. The number of nitrogens with zero attached hydrogens (tertiary/aromatic N) is 3. The number of ether oxygens (including phenoxy) is 1. The smallest absolute Gasteiger partial charge is 0.475 e. The number of aliphatic carboxylic acids is 1. The van der Waals surface area contributed by atoms with Crippen molar-refractivity contribution < 1.29 is 32.6 Å². The van der Waals surface area contributed by atoms with Crippen molar-refractivity contribution in [3.05, 3.63) is 29.8 Å². The number of esters is 1. The number of piperidine rings is 1. The molecule has 0 unspecified atom stereocenters. The molecule has 2 aliphatic rings. The molecule has 0 aromatic heterocycles. The molecule has 3 rings (SSSR count). The third kappa shape index (κ3) is 8.49. The lowest BCUT2D eigenvalue weighted by molar-refractivity contribution is -0.192. The zero-order chi connectivity index (χ0) is 25.3. The van der Waals surface area contributed by atoms with Crippen LogP contribution in [0.2, 0.25) is 0 Å². The molecule has 1 aromatic carbocycles. The summed E-state index contributed by atoms with van der Waals surface area (Å²) in [7, 11) is 0. The van der Waals surface area contributed by atoms with E-state index in [9.17, 15) is 18.0 Å². The van der Waals surface area contributed by atoms with Crippen LogP contribution in [0.4, 0.5) is 18.9 Å². The van der Waals surface area contributed by atoms with Crippen LogP contribution < -0.4 is 10.6 Å². The molecule has 2 heterocycles. The summed E-state index contributed by atoms with van der Waals surface area (Å²) < 4.78 is 36.8. The second-order valence-electron chi connectivity index (χ2n) is 8.10. The van der Waals surface area contributed by atoms with Crippen LogP contribution in [0.25, 0.3) is 0 Å². The number of anilines is 1. The van der Waals surface area contributed by atoms with E-state index in [1.165, 1.54) is 5.69 Å². The topological polar surface area (TPSA) is 123 Å². The molecule has 0 bridgehead atoms. The Morgan fingerprint density at radius 3 is 2.06 bits per heavy atom. The van der Waals surface area contributed by atoms with E-state index in [-0.39, 0.29) is 11.8 Å². The minimum Gasteiger partial charge on any atom is -0.475 e. The molecule has 12 heteroatoms. The van der Waals surface area contributed by atoms with Gasteiger partial charge in [-0.3, -0.25) is 20.0 Å².